The molecule has 1 saturated heterocycles. The second kappa shape index (κ2) is 9.30. The third-order valence-electron chi connectivity index (χ3n) is 7.50. The van der Waals surface area contributed by atoms with Gasteiger partial charge in [-0.3, -0.25) is 4.98 Å². The van der Waals surface area contributed by atoms with E-state index in [0.29, 0.717) is 6.04 Å². The molecule has 1 aliphatic heterocycles. The second-order valence-corrected chi connectivity index (χ2v) is 9.89. The SMILES string of the molecule is CCc1ccc(N2C(=S)N[C@@H](c3ccccn3)[C@@H]2c2cc(C)n(C3CCCCC3)c2C)cc1. The predicted molar refractivity (Wildman–Crippen MR) is 140 cm³/mol. The molecule has 1 saturated carbocycles. The van der Waals surface area contributed by atoms with E-state index in [4.69, 9.17) is 17.2 Å². The summed E-state index contributed by atoms with van der Waals surface area (Å²) in [6, 6.07) is 18.1. The van der Waals surface area contributed by atoms with Crippen LogP contribution in [-0.4, -0.2) is 14.7 Å². The zero-order valence-corrected chi connectivity index (χ0v) is 20.7. The fraction of sp³-hybridized carbons (Fsp3) is 0.429. The summed E-state index contributed by atoms with van der Waals surface area (Å²) in [5, 5.41) is 4.38. The van der Waals surface area contributed by atoms with Gasteiger partial charge in [0, 0.05) is 29.3 Å². The van der Waals surface area contributed by atoms with E-state index in [1.807, 2.05) is 12.3 Å². The van der Waals surface area contributed by atoms with E-state index in [1.165, 1.54) is 54.6 Å². The summed E-state index contributed by atoms with van der Waals surface area (Å²) < 4.78 is 2.60. The van der Waals surface area contributed by atoms with Gasteiger partial charge in [0.15, 0.2) is 5.11 Å². The van der Waals surface area contributed by atoms with Gasteiger partial charge in [-0.2, -0.15) is 0 Å². The molecule has 33 heavy (non-hydrogen) atoms. The van der Waals surface area contributed by atoms with Crippen molar-refractivity contribution in [3.63, 3.8) is 0 Å². The molecule has 5 heteroatoms. The summed E-state index contributed by atoms with van der Waals surface area (Å²) in [4.78, 5) is 7.03. The van der Waals surface area contributed by atoms with Crippen molar-refractivity contribution in [3.05, 3.63) is 82.9 Å². The van der Waals surface area contributed by atoms with Crippen LogP contribution in [0.5, 0.6) is 0 Å². The fourth-order valence-corrected chi connectivity index (χ4v) is 6.19. The molecule has 1 aromatic carbocycles. The second-order valence-electron chi connectivity index (χ2n) is 9.50. The van der Waals surface area contributed by atoms with Crippen molar-refractivity contribution in [3.8, 4) is 0 Å². The number of rotatable bonds is 5. The molecule has 0 spiro atoms. The van der Waals surface area contributed by atoms with Gasteiger partial charge < -0.3 is 14.8 Å². The number of nitrogens with one attached hydrogen (secondary N) is 1. The Balaban J connectivity index is 1.61. The Bertz CT molecular complexity index is 1110. The molecule has 3 aromatic rings. The van der Waals surface area contributed by atoms with Gasteiger partial charge in [0.05, 0.1) is 17.8 Å². The Morgan fingerprint density at radius 3 is 2.45 bits per heavy atom. The van der Waals surface area contributed by atoms with Crippen LogP contribution in [0.15, 0.2) is 54.7 Å². The minimum atomic E-state index is 0.00450. The standard InChI is InChI=1S/C28H34N4S/c1-4-21-13-15-23(16-14-21)32-27(26(30-28(32)33)25-12-8-9-17-29-25)24-18-19(2)31(20(24)3)22-10-6-5-7-11-22/h8-9,12-18,22,26-27H,4-7,10-11H2,1-3H3,(H,30,33)/t26-,27-/m0/s1. The minimum Gasteiger partial charge on any atom is -0.351 e. The van der Waals surface area contributed by atoms with Crippen LogP contribution in [-0.2, 0) is 6.42 Å². The van der Waals surface area contributed by atoms with Gasteiger partial charge in [-0.15, -0.1) is 0 Å². The molecule has 1 aliphatic carbocycles. The lowest BCUT2D eigenvalue weighted by Crippen LogP contribution is -2.29. The normalized spacial score (nSPS) is 21.4. The first kappa shape index (κ1) is 22.1. The Hall–Kier alpha value is -2.66. The Kier molecular flexibility index (Phi) is 6.24. The number of hydrogen-bond donors (Lipinski definition) is 1. The van der Waals surface area contributed by atoms with Crippen LogP contribution in [0, 0.1) is 13.8 Å². The predicted octanol–water partition coefficient (Wildman–Crippen LogP) is 6.74. The maximum atomic E-state index is 5.93. The summed E-state index contributed by atoms with van der Waals surface area (Å²) in [7, 11) is 0. The maximum absolute atomic E-state index is 5.93. The molecule has 0 amide bonds. The fourth-order valence-electron chi connectivity index (χ4n) is 5.84. The summed E-state index contributed by atoms with van der Waals surface area (Å²) in [5.74, 6) is 0. The van der Waals surface area contributed by atoms with Crippen molar-refractivity contribution in [1.82, 2.24) is 14.9 Å². The van der Waals surface area contributed by atoms with Crippen LogP contribution >= 0.6 is 12.2 Å². The van der Waals surface area contributed by atoms with Crippen LogP contribution in [0.25, 0.3) is 0 Å². The number of aryl methyl sites for hydroxylation is 2. The van der Waals surface area contributed by atoms with E-state index in [0.717, 1.165) is 22.9 Å². The van der Waals surface area contributed by atoms with Crippen molar-refractivity contribution in [2.24, 2.45) is 0 Å². The number of pyridine rings is 1. The first-order valence-electron chi connectivity index (χ1n) is 12.4. The lowest BCUT2D eigenvalue weighted by Gasteiger charge is -2.30. The largest absolute Gasteiger partial charge is 0.351 e. The lowest BCUT2D eigenvalue weighted by atomic mass is 9.94. The van der Waals surface area contributed by atoms with E-state index in [-0.39, 0.29) is 12.1 Å². The summed E-state index contributed by atoms with van der Waals surface area (Å²) >= 11 is 5.93. The summed E-state index contributed by atoms with van der Waals surface area (Å²) in [5.41, 5.74) is 7.57. The minimum absolute atomic E-state index is 0.00450. The van der Waals surface area contributed by atoms with Gasteiger partial charge in [-0.1, -0.05) is 44.4 Å². The van der Waals surface area contributed by atoms with E-state index < -0.39 is 0 Å². The highest BCUT2D eigenvalue weighted by Gasteiger charge is 2.42. The van der Waals surface area contributed by atoms with E-state index >= 15 is 0 Å². The topological polar surface area (TPSA) is 33.1 Å². The highest BCUT2D eigenvalue weighted by Crippen LogP contribution is 2.44. The number of benzene rings is 1. The monoisotopic (exact) mass is 458 g/mol. The molecular formula is C28H34N4S. The third kappa shape index (κ3) is 4.08. The summed E-state index contributed by atoms with van der Waals surface area (Å²) in [6.07, 6.45) is 9.50. The van der Waals surface area contributed by atoms with Gasteiger partial charge in [-0.25, -0.2) is 0 Å². The van der Waals surface area contributed by atoms with Gasteiger partial charge in [0.1, 0.15) is 0 Å². The van der Waals surface area contributed by atoms with Crippen molar-refractivity contribution in [1.29, 1.82) is 0 Å². The molecule has 172 valence electrons. The number of nitrogens with zero attached hydrogens (tertiary/aromatic N) is 3. The quantitative estimate of drug-likeness (QED) is 0.429. The van der Waals surface area contributed by atoms with E-state index in [1.54, 1.807) is 0 Å². The zero-order valence-electron chi connectivity index (χ0n) is 19.9. The number of thiocarbonyl (C=S) groups is 1. The molecule has 0 unspecified atom stereocenters. The highest BCUT2D eigenvalue weighted by atomic mass is 32.1. The lowest BCUT2D eigenvalue weighted by molar-refractivity contribution is 0.345. The van der Waals surface area contributed by atoms with Crippen LogP contribution in [0.4, 0.5) is 5.69 Å². The maximum Gasteiger partial charge on any atom is 0.174 e. The molecule has 2 aromatic heterocycles. The van der Waals surface area contributed by atoms with Crippen LogP contribution in [0.3, 0.4) is 0 Å². The number of aromatic nitrogens is 2. The Morgan fingerprint density at radius 2 is 1.79 bits per heavy atom. The van der Waals surface area contributed by atoms with Gasteiger partial charge in [-0.05, 0) is 86.8 Å². The highest BCUT2D eigenvalue weighted by molar-refractivity contribution is 7.80. The van der Waals surface area contributed by atoms with Gasteiger partial charge in [0.25, 0.3) is 0 Å². The average molecular weight is 459 g/mol. The van der Waals surface area contributed by atoms with Crippen LogP contribution < -0.4 is 10.2 Å². The van der Waals surface area contributed by atoms with Gasteiger partial charge >= 0.3 is 0 Å². The first-order valence-corrected chi connectivity index (χ1v) is 12.8. The Labute approximate surface area is 203 Å². The smallest absolute Gasteiger partial charge is 0.174 e. The van der Waals surface area contributed by atoms with Gasteiger partial charge in [0.2, 0.25) is 0 Å². The zero-order chi connectivity index (χ0) is 22.9. The van der Waals surface area contributed by atoms with Crippen LogP contribution in [0.1, 0.15) is 85.4 Å². The van der Waals surface area contributed by atoms with Crippen molar-refractivity contribution in [2.75, 3.05) is 4.90 Å². The third-order valence-corrected chi connectivity index (χ3v) is 7.82. The molecule has 0 radical (unpaired) electrons. The van der Waals surface area contributed by atoms with Crippen molar-refractivity contribution >= 4 is 23.0 Å². The summed E-state index contributed by atoms with van der Waals surface area (Å²) in [6.45, 7) is 6.76. The molecule has 1 N–H and O–H groups in total. The molecule has 0 bridgehead atoms. The molecule has 2 atom stereocenters. The first-order chi connectivity index (χ1) is 16.1. The number of anilines is 1. The molecule has 3 heterocycles. The molecule has 5 rings (SSSR count). The van der Waals surface area contributed by atoms with Crippen molar-refractivity contribution < 1.29 is 0 Å². The molecule has 4 nitrogen and oxygen atoms in total. The molecule has 2 aliphatic rings. The molecule has 2 fully saturated rings. The number of hydrogen-bond acceptors (Lipinski definition) is 2. The molecular weight excluding hydrogens is 424 g/mol. The van der Waals surface area contributed by atoms with E-state index in [2.05, 4.69) is 78.0 Å². The van der Waals surface area contributed by atoms with Crippen molar-refractivity contribution in [2.45, 2.75) is 77.4 Å². The van der Waals surface area contributed by atoms with Crippen LogP contribution in [0.2, 0.25) is 0 Å². The van der Waals surface area contributed by atoms with E-state index in [9.17, 15) is 0 Å². The Morgan fingerprint density at radius 1 is 1.03 bits per heavy atom. The average Bonchev–Trinajstić information content (AvgIpc) is 3.35.